The molecule has 3 heterocycles. The van der Waals surface area contributed by atoms with Gasteiger partial charge in [0.2, 0.25) is 0 Å². The second-order valence-electron chi connectivity index (χ2n) is 15.2. The number of fused-ring (bicyclic) bond motifs is 2. The minimum atomic E-state index is -2.07. The van der Waals surface area contributed by atoms with E-state index in [1.54, 1.807) is 20.8 Å². The van der Waals surface area contributed by atoms with Crippen LogP contribution in [0.4, 0.5) is 0 Å². The SMILES string of the molecule is CC[C@H]1OC(=O)[C@H](C)[C@@]2(O)O[C@@](C)(C[C@@H](C)CN(C)[C@H](C)[C@@H](O)[C@]1(C)O)[C@H](O[C@@H]1O[C@H](C)C[C@H](N(C)C)[C@H]1OC(=O)CCC(=O)O)[C@H]2C. The van der Waals surface area contributed by atoms with E-state index in [1.807, 2.05) is 51.7 Å². The van der Waals surface area contributed by atoms with Crippen LogP contribution in [0.5, 0.6) is 0 Å². The number of aliphatic hydroxyl groups is 3. The summed E-state index contributed by atoms with van der Waals surface area (Å²) in [6.07, 6.45) is -5.16. The average Bonchev–Trinajstić information content (AvgIpc) is 3.17. The highest BCUT2D eigenvalue weighted by molar-refractivity contribution is 5.76. The zero-order valence-electron chi connectivity index (χ0n) is 30.5. The number of rotatable bonds is 8. The summed E-state index contributed by atoms with van der Waals surface area (Å²) in [5.74, 6) is -6.84. The van der Waals surface area contributed by atoms with Gasteiger partial charge in [0.1, 0.15) is 23.7 Å². The molecule has 0 aliphatic carbocycles. The van der Waals surface area contributed by atoms with Crippen LogP contribution in [0.3, 0.4) is 0 Å². The molecular formula is C34H60N2O12. The second-order valence-corrected chi connectivity index (χ2v) is 15.2. The third-order valence-corrected chi connectivity index (χ3v) is 10.8. The summed E-state index contributed by atoms with van der Waals surface area (Å²) in [6, 6.07) is -0.836. The Balaban J connectivity index is 2.06. The Morgan fingerprint density at radius 1 is 1.08 bits per heavy atom. The van der Waals surface area contributed by atoms with E-state index in [0.717, 1.165) is 0 Å². The summed E-state index contributed by atoms with van der Waals surface area (Å²) < 4.78 is 31.2. The normalized spacial score (nSPS) is 45.0. The van der Waals surface area contributed by atoms with Crippen molar-refractivity contribution in [3.63, 3.8) is 0 Å². The maximum atomic E-state index is 13.7. The largest absolute Gasteiger partial charge is 0.481 e. The molecule has 14 nitrogen and oxygen atoms in total. The van der Waals surface area contributed by atoms with E-state index < -0.39 is 83.5 Å². The van der Waals surface area contributed by atoms with Crippen molar-refractivity contribution in [1.82, 2.24) is 9.80 Å². The maximum Gasteiger partial charge on any atom is 0.314 e. The molecule has 0 amide bonds. The van der Waals surface area contributed by atoms with Crippen LogP contribution in [0.1, 0.15) is 87.5 Å². The molecule has 0 aromatic carbocycles. The Kier molecular flexibility index (Phi) is 13.1. The fraction of sp³-hybridized carbons (Fsp3) is 0.912. The molecule has 2 bridgehead atoms. The number of carbonyl (C=O) groups excluding carboxylic acids is 2. The van der Waals surface area contributed by atoms with E-state index in [0.29, 0.717) is 19.4 Å². The molecule has 0 unspecified atom stereocenters. The molecule has 3 fully saturated rings. The zero-order chi connectivity index (χ0) is 36.5. The summed E-state index contributed by atoms with van der Waals surface area (Å²) >= 11 is 0. The van der Waals surface area contributed by atoms with Gasteiger partial charge < -0.3 is 53.9 Å². The van der Waals surface area contributed by atoms with Crippen molar-refractivity contribution in [2.45, 2.75) is 153 Å². The first-order valence-electron chi connectivity index (χ1n) is 17.2. The van der Waals surface area contributed by atoms with Gasteiger partial charge in [0.05, 0.1) is 36.7 Å². The van der Waals surface area contributed by atoms with Crippen molar-refractivity contribution in [2.75, 3.05) is 27.7 Å². The van der Waals surface area contributed by atoms with Gasteiger partial charge in [-0.3, -0.25) is 14.4 Å². The summed E-state index contributed by atoms with van der Waals surface area (Å²) in [5.41, 5.74) is -2.97. The van der Waals surface area contributed by atoms with Crippen LogP contribution in [-0.4, -0.2) is 142 Å². The third-order valence-electron chi connectivity index (χ3n) is 10.8. The number of ether oxygens (including phenoxy) is 5. The summed E-state index contributed by atoms with van der Waals surface area (Å²) in [5, 5.41) is 44.1. The quantitative estimate of drug-likeness (QED) is 0.271. The Morgan fingerprint density at radius 2 is 1.71 bits per heavy atom. The standard InChI is InChI=1S/C34H60N2O12/c1-12-24-33(8,42)28(40)22(6)36(11)17-18(2)16-32(7)29(20(4)34(43,48-32)21(5)30(41)45-24)47-31-27(46-26(39)14-13-25(37)38)23(35(9)10)15-19(3)44-31/h18-24,27-29,31,40,42-43H,12-17H2,1-11H3,(H,37,38)/t18-,19-,20-,21+,22-,23+,24-,27-,28-,29-,31+,32+,33-,34+/m1/s1. The zero-order valence-corrected chi connectivity index (χ0v) is 30.5. The molecule has 48 heavy (non-hydrogen) atoms. The number of carboxylic acid groups (broad SMARTS) is 1. The molecule has 0 aromatic heterocycles. The number of nitrogens with zero attached hydrogens (tertiary/aromatic N) is 2. The number of likely N-dealkylation sites (N-methyl/N-ethyl adjacent to an activating group) is 2. The van der Waals surface area contributed by atoms with Gasteiger partial charge in [0.15, 0.2) is 18.2 Å². The van der Waals surface area contributed by atoms with Crippen LogP contribution in [-0.2, 0) is 38.1 Å². The lowest BCUT2D eigenvalue weighted by atomic mass is 9.80. The van der Waals surface area contributed by atoms with E-state index in [-0.39, 0.29) is 37.3 Å². The van der Waals surface area contributed by atoms with Gasteiger partial charge in [-0.2, -0.15) is 0 Å². The van der Waals surface area contributed by atoms with Crippen molar-refractivity contribution in [3.8, 4) is 0 Å². The predicted molar refractivity (Wildman–Crippen MR) is 173 cm³/mol. The molecule has 3 saturated heterocycles. The second kappa shape index (κ2) is 15.5. The lowest BCUT2D eigenvalue weighted by molar-refractivity contribution is -0.289. The predicted octanol–water partition coefficient (Wildman–Crippen LogP) is 1.76. The lowest BCUT2D eigenvalue weighted by Crippen LogP contribution is -2.59. The van der Waals surface area contributed by atoms with Crippen molar-refractivity contribution >= 4 is 17.9 Å². The topological polar surface area (TPSA) is 185 Å². The maximum absolute atomic E-state index is 13.7. The van der Waals surface area contributed by atoms with Crippen LogP contribution in [0.15, 0.2) is 0 Å². The summed E-state index contributed by atoms with van der Waals surface area (Å²) in [7, 11) is 5.53. The minimum Gasteiger partial charge on any atom is -0.481 e. The number of hydrogen-bond acceptors (Lipinski definition) is 13. The van der Waals surface area contributed by atoms with Gasteiger partial charge in [0, 0.05) is 18.5 Å². The van der Waals surface area contributed by atoms with Crippen LogP contribution in [0.25, 0.3) is 0 Å². The summed E-state index contributed by atoms with van der Waals surface area (Å²) in [6.45, 7) is 14.4. The number of hydrogen-bond donors (Lipinski definition) is 4. The van der Waals surface area contributed by atoms with Crippen LogP contribution in [0, 0.1) is 17.8 Å². The molecule has 4 N–H and O–H groups in total. The van der Waals surface area contributed by atoms with E-state index >= 15 is 0 Å². The molecule has 3 aliphatic rings. The van der Waals surface area contributed by atoms with Crippen molar-refractivity contribution in [3.05, 3.63) is 0 Å². The Morgan fingerprint density at radius 3 is 2.27 bits per heavy atom. The van der Waals surface area contributed by atoms with Gasteiger partial charge in [-0.1, -0.05) is 20.8 Å². The highest BCUT2D eigenvalue weighted by atomic mass is 16.7. The minimum absolute atomic E-state index is 0.0854. The fourth-order valence-corrected chi connectivity index (χ4v) is 7.86. The summed E-state index contributed by atoms with van der Waals surface area (Å²) in [4.78, 5) is 41.5. The smallest absolute Gasteiger partial charge is 0.314 e. The van der Waals surface area contributed by atoms with Gasteiger partial charge >= 0.3 is 17.9 Å². The first-order chi connectivity index (χ1) is 22.1. The Hall–Kier alpha value is -1.91. The third kappa shape index (κ3) is 8.51. The molecular weight excluding hydrogens is 628 g/mol. The number of esters is 2. The van der Waals surface area contributed by atoms with Crippen molar-refractivity contribution < 1.29 is 58.5 Å². The molecule has 0 aromatic rings. The molecule has 0 radical (unpaired) electrons. The lowest BCUT2D eigenvalue weighted by Gasteiger charge is -2.45. The van der Waals surface area contributed by atoms with Gasteiger partial charge in [0.25, 0.3) is 0 Å². The number of carbonyl (C=O) groups is 3. The first-order valence-corrected chi connectivity index (χ1v) is 17.2. The average molecular weight is 689 g/mol. The van der Waals surface area contributed by atoms with Gasteiger partial charge in [-0.15, -0.1) is 0 Å². The molecule has 0 spiro atoms. The monoisotopic (exact) mass is 688 g/mol. The van der Waals surface area contributed by atoms with E-state index in [1.165, 1.54) is 13.8 Å². The molecule has 3 rings (SSSR count). The van der Waals surface area contributed by atoms with E-state index in [2.05, 4.69) is 0 Å². The molecule has 14 heteroatoms. The van der Waals surface area contributed by atoms with E-state index in [9.17, 15) is 29.7 Å². The number of aliphatic carboxylic acids is 1. The first kappa shape index (κ1) is 40.5. The van der Waals surface area contributed by atoms with Crippen molar-refractivity contribution in [1.29, 1.82) is 0 Å². The molecule has 278 valence electrons. The number of carboxylic acids is 1. The molecule has 0 saturated carbocycles. The Labute approximate surface area is 285 Å². The van der Waals surface area contributed by atoms with Crippen LogP contribution < -0.4 is 0 Å². The van der Waals surface area contributed by atoms with Gasteiger partial charge in [-0.25, -0.2) is 0 Å². The van der Waals surface area contributed by atoms with Crippen LogP contribution >= 0.6 is 0 Å². The molecule has 3 aliphatic heterocycles. The number of aliphatic hydroxyl groups excluding tert-OH is 1. The van der Waals surface area contributed by atoms with Crippen molar-refractivity contribution in [2.24, 2.45) is 17.8 Å². The van der Waals surface area contributed by atoms with E-state index in [4.69, 9.17) is 28.8 Å². The fourth-order valence-electron chi connectivity index (χ4n) is 7.86. The highest BCUT2D eigenvalue weighted by Crippen LogP contribution is 2.50. The Bertz CT molecular complexity index is 1140. The molecule has 14 atom stereocenters. The number of cyclic esters (lactones) is 1. The van der Waals surface area contributed by atoms with Gasteiger partial charge in [-0.05, 0) is 80.9 Å². The van der Waals surface area contributed by atoms with Crippen LogP contribution in [0.2, 0.25) is 0 Å². The highest BCUT2D eigenvalue weighted by Gasteiger charge is 2.64.